The van der Waals surface area contributed by atoms with Crippen molar-refractivity contribution >= 4 is 11.5 Å². The van der Waals surface area contributed by atoms with E-state index in [2.05, 4.69) is 15.3 Å². The molecule has 82 valence electrons. The minimum absolute atomic E-state index is 0.123. The van der Waals surface area contributed by atoms with Crippen LogP contribution < -0.4 is 5.32 Å². The largest absolute Gasteiger partial charge is 0.340 e. The molecular formula is C10H6F3N3. The SMILES string of the molecule is Fc1cc(F)cc(Nc2cc(F)ncn2)c1. The molecule has 0 aliphatic heterocycles. The zero-order valence-electron chi connectivity index (χ0n) is 7.92. The summed E-state index contributed by atoms with van der Waals surface area (Å²) in [6.07, 6.45) is 1.01. The zero-order valence-corrected chi connectivity index (χ0v) is 7.92. The third-order valence-electron chi connectivity index (χ3n) is 1.77. The van der Waals surface area contributed by atoms with E-state index in [1.807, 2.05) is 0 Å². The van der Waals surface area contributed by atoms with Crippen molar-refractivity contribution in [3.05, 3.63) is 48.2 Å². The third kappa shape index (κ3) is 2.47. The molecule has 0 fully saturated rings. The first-order chi connectivity index (χ1) is 7.63. The number of aromatic nitrogens is 2. The quantitative estimate of drug-likeness (QED) is 0.798. The summed E-state index contributed by atoms with van der Waals surface area (Å²) in [4.78, 5) is 6.94. The highest BCUT2D eigenvalue weighted by Gasteiger charge is 2.02. The van der Waals surface area contributed by atoms with E-state index in [-0.39, 0.29) is 11.5 Å². The Balaban J connectivity index is 2.27. The van der Waals surface area contributed by atoms with E-state index in [1.165, 1.54) is 0 Å². The Morgan fingerprint density at radius 2 is 1.56 bits per heavy atom. The molecule has 2 aromatic rings. The van der Waals surface area contributed by atoms with Gasteiger partial charge in [-0.15, -0.1) is 0 Å². The Morgan fingerprint density at radius 3 is 2.19 bits per heavy atom. The summed E-state index contributed by atoms with van der Waals surface area (Å²) in [5, 5.41) is 2.56. The molecule has 0 saturated heterocycles. The average molecular weight is 225 g/mol. The van der Waals surface area contributed by atoms with Gasteiger partial charge in [-0.1, -0.05) is 0 Å². The Morgan fingerprint density at radius 1 is 0.875 bits per heavy atom. The van der Waals surface area contributed by atoms with Crippen molar-refractivity contribution in [2.75, 3.05) is 5.32 Å². The van der Waals surface area contributed by atoms with Gasteiger partial charge < -0.3 is 5.32 Å². The van der Waals surface area contributed by atoms with Gasteiger partial charge in [-0.25, -0.2) is 18.7 Å². The summed E-state index contributed by atoms with van der Waals surface area (Å²) < 4.78 is 38.3. The minimum atomic E-state index is -0.727. The predicted octanol–water partition coefficient (Wildman–Crippen LogP) is 2.64. The van der Waals surface area contributed by atoms with Crippen LogP contribution in [0, 0.1) is 17.6 Å². The zero-order chi connectivity index (χ0) is 11.5. The number of benzene rings is 1. The Hall–Kier alpha value is -2.11. The summed E-state index contributed by atoms with van der Waals surface area (Å²) in [7, 11) is 0. The number of hydrogen-bond donors (Lipinski definition) is 1. The lowest BCUT2D eigenvalue weighted by atomic mass is 10.3. The highest BCUT2D eigenvalue weighted by molar-refractivity contribution is 5.55. The van der Waals surface area contributed by atoms with Gasteiger partial charge in [0.05, 0.1) is 0 Å². The van der Waals surface area contributed by atoms with Gasteiger partial charge in [0.25, 0.3) is 0 Å². The van der Waals surface area contributed by atoms with Gasteiger partial charge in [0, 0.05) is 17.8 Å². The van der Waals surface area contributed by atoms with Crippen molar-refractivity contribution < 1.29 is 13.2 Å². The molecule has 0 spiro atoms. The lowest BCUT2D eigenvalue weighted by molar-refractivity contribution is 0.580. The summed E-state index contributed by atoms with van der Waals surface area (Å²) in [6.45, 7) is 0. The molecule has 0 radical (unpaired) electrons. The minimum Gasteiger partial charge on any atom is -0.340 e. The number of anilines is 2. The van der Waals surface area contributed by atoms with Gasteiger partial charge in [-0.05, 0) is 12.1 Å². The molecule has 0 bridgehead atoms. The molecule has 0 unspecified atom stereocenters. The molecule has 16 heavy (non-hydrogen) atoms. The number of halogens is 3. The van der Waals surface area contributed by atoms with Crippen LogP contribution in [0.3, 0.4) is 0 Å². The highest BCUT2D eigenvalue weighted by atomic mass is 19.1. The third-order valence-corrected chi connectivity index (χ3v) is 1.77. The fourth-order valence-corrected chi connectivity index (χ4v) is 1.18. The van der Waals surface area contributed by atoms with Crippen LogP contribution in [0.5, 0.6) is 0 Å². The van der Waals surface area contributed by atoms with E-state index in [0.717, 1.165) is 30.6 Å². The van der Waals surface area contributed by atoms with E-state index in [1.54, 1.807) is 0 Å². The van der Waals surface area contributed by atoms with Crippen LogP contribution in [0.4, 0.5) is 24.7 Å². The molecule has 3 nitrogen and oxygen atoms in total. The summed E-state index contributed by atoms with van der Waals surface area (Å²) >= 11 is 0. The van der Waals surface area contributed by atoms with Crippen LogP contribution in [0.15, 0.2) is 30.6 Å². The molecule has 0 saturated carbocycles. The van der Waals surface area contributed by atoms with Gasteiger partial charge in [-0.2, -0.15) is 4.39 Å². The lowest BCUT2D eigenvalue weighted by Crippen LogP contribution is -1.96. The molecule has 1 aromatic carbocycles. The maximum absolute atomic E-state index is 12.8. The van der Waals surface area contributed by atoms with Crippen molar-refractivity contribution in [1.82, 2.24) is 9.97 Å². The molecule has 0 aliphatic carbocycles. The Bertz CT molecular complexity index is 496. The number of hydrogen-bond acceptors (Lipinski definition) is 3. The van der Waals surface area contributed by atoms with Crippen LogP contribution in [-0.4, -0.2) is 9.97 Å². The monoisotopic (exact) mass is 225 g/mol. The second kappa shape index (κ2) is 4.18. The lowest BCUT2D eigenvalue weighted by Gasteiger charge is -2.05. The maximum Gasteiger partial charge on any atom is 0.218 e. The number of nitrogens with one attached hydrogen (secondary N) is 1. The van der Waals surface area contributed by atoms with E-state index in [9.17, 15) is 13.2 Å². The van der Waals surface area contributed by atoms with E-state index >= 15 is 0 Å². The van der Waals surface area contributed by atoms with Gasteiger partial charge >= 0.3 is 0 Å². The first kappa shape index (κ1) is 10.4. The van der Waals surface area contributed by atoms with Gasteiger partial charge in [0.1, 0.15) is 23.8 Å². The fourth-order valence-electron chi connectivity index (χ4n) is 1.18. The van der Waals surface area contributed by atoms with Crippen molar-refractivity contribution in [3.8, 4) is 0 Å². The fraction of sp³-hybridized carbons (Fsp3) is 0. The predicted molar refractivity (Wildman–Crippen MR) is 51.6 cm³/mol. The molecular weight excluding hydrogens is 219 g/mol. The molecule has 6 heteroatoms. The average Bonchev–Trinajstić information content (AvgIpc) is 2.15. The topological polar surface area (TPSA) is 37.8 Å². The second-order valence-corrected chi connectivity index (χ2v) is 3.01. The Labute approximate surface area is 89.0 Å². The molecule has 1 N–H and O–H groups in total. The number of nitrogens with zero attached hydrogens (tertiary/aromatic N) is 2. The van der Waals surface area contributed by atoms with Crippen molar-refractivity contribution in [3.63, 3.8) is 0 Å². The van der Waals surface area contributed by atoms with Crippen molar-refractivity contribution in [2.24, 2.45) is 0 Å². The standard InChI is InChI=1S/C10H6F3N3/c11-6-1-7(12)3-8(2-6)16-10-4-9(13)14-5-15-10/h1-5H,(H,14,15,16). The molecule has 0 atom stereocenters. The van der Waals surface area contributed by atoms with E-state index < -0.39 is 17.6 Å². The second-order valence-electron chi connectivity index (χ2n) is 3.01. The van der Waals surface area contributed by atoms with Crippen LogP contribution >= 0.6 is 0 Å². The summed E-state index contributed by atoms with van der Waals surface area (Å²) in [5.74, 6) is -2.05. The summed E-state index contributed by atoms with van der Waals surface area (Å²) in [6, 6.07) is 3.90. The van der Waals surface area contributed by atoms with E-state index in [4.69, 9.17) is 0 Å². The highest BCUT2D eigenvalue weighted by Crippen LogP contribution is 2.17. The smallest absolute Gasteiger partial charge is 0.218 e. The Kier molecular flexibility index (Phi) is 2.72. The van der Waals surface area contributed by atoms with Crippen LogP contribution in [0.2, 0.25) is 0 Å². The molecule has 1 heterocycles. The van der Waals surface area contributed by atoms with Crippen LogP contribution in [-0.2, 0) is 0 Å². The molecule has 2 rings (SSSR count). The number of rotatable bonds is 2. The first-order valence-electron chi connectivity index (χ1n) is 4.34. The van der Waals surface area contributed by atoms with Gasteiger partial charge in [0.2, 0.25) is 5.95 Å². The van der Waals surface area contributed by atoms with Crippen molar-refractivity contribution in [2.45, 2.75) is 0 Å². The summed E-state index contributed by atoms with van der Waals surface area (Å²) in [5.41, 5.74) is 0.149. The molecule has 0 aliphatic rings. The molecule has 1 aromatic heterocycles. The molecule has 0 amide bonds. The van der Waals surface area contributed by atoms with Gasteiger partial charge in [0.15, 0.2) is 0 Å². The van der Waals surface area contributed by atoms with Gasteiger partial charge in [-0.3, -0.25) is 0 Å². The van der Waals surface area contributed by atoms with Crippen molar-refractivity contribution in [1.29, 1.82) is 0 Å². The normalized spacial score (nSPS) is 10.2. The van der Waals surface area contributed by atoms with Crippen LogP contribution in [0.25, 0.3) is 0 Å². The first-order valence-corrected chi connectivity index (χ1v) is 4.34. The van der Waals surface area contributed by atoms with E-state index in [0.29, 0.717) is 0 Å². The maximum atomic E-state index is 12.8. The van der Waals surface area contributed by atoms with Crippen LogP contribution in [0.1, 0.15) is 0 Å².